The Morgan fingerprint density at radius 2 is 1.97 bits per heavy atom. The van der Waals surface area contributed by atoms with Gasteiger partial charge in [-0.05, 0) is 36.8 Å². The van der Waals surface area contributed by atoms with E-state index in [2.05, 4.69) is 39.6 Å². The molecule has 0 saturated heterocycles. The summed E-state index contributed by atoms with van der Waals surface area (Å²) in [4.78, 5) is 19.8. The van der Waals surface area contributed by atoms with Crippen LogP contribution < -0.4 is 10.2 Å². The van der Waals surface area contributed by atoms with Crippen LogP contribution in [0.4, 0.5) is 0 Å². The Morgan fingerprint density at radius 1 is 1.13 bits per heavy atom. The number of carbonyl (C=O) groups excluding carboxylic acids is 1. The first-order valence-electron chi connectivity index (χ1n) is 9.84. The van der Waals surface area contributed by atoms with Crippen molar-refractivity contribution in [2.75, 3.05) is 5.75 Å². The zero-order chi connectivity index (χ0) is 21.5. The number of aromatic amines is 1. The topological polar surface area (TPSA) is 79.4 Å². The number of thioether (sulfide) groups is 1. The molecule has 0 unspecified atom stereocenters. The van der Waals surface area contributed by atoms with Gasteiger partial charge in [0.2, 0.25) is 0 Å². The van der Waals surface area contributed by atoms with Crippen molar-refractivity contribution in [3.8, 4) is 5.75 Å². The molecule has 0 fully saturated rings. The molecule has 1 heterocycles. The minimum absolute atomic E-state index is 0.208. The van der Waals surface area contributed by atoms with Crippen molar-refractivity contribution in [3.63, 3.8) is 0 Å². The number of benzene rings is 3. The minimum Gasteiger partial charge on any atom is -0.488 e. The van der Waals surface area contributed by atoms with Crippen molar-refractivity contribution >= 4 is 34.9 Å². The van der Waals surface area contributed by atoms with Crippen LogP contribution in [-0.4, -0.2) is 27.8 Å². The van der Waals surface area contributed by atoms with Crippen molar-refractivity contribution in [2.24, 2.45) is 5.10 Å². The third kappa shape index (κ3) is 5.73. The van der Waals surface area contributed by atoms with Crippen LogP contribution in [-0.2, 0) is 11.4 Å². The Morgan fingerprint density at radius 3 is 2.84 bits per heavy atom. The summed E-state index contributed by atoms with van der Waals surface area (Å²) >= 11 is 1.33. The van der Waals surface area contributed by atoms with E-state index in [0.29, 0.717) is 17.5 Å². The number of hydrogen-bond acceptors (Lipinski definition) is 5. The third-order valence-electron chi connectivity index (χ3n) is 4.50. The summed E-state index contributed by atoms with van der Waals surface area (Å²) in [6, 6.07) is 23.5. The first-order chi connectivity index (χ1) is 15.2. The quantitative estimate of drug-likeness (QED) is 0.241. The smallest absolute Gasteiger partial charge is 0.250 e. The highest BCUT2D eigenvalue weighted by Gasteiger charge is 2.07. The highest BCUT2D eigenvalue weighted by Crippen LogP contribution is 2.19. The van der Waals surface area contributed by atoms with E-state index in [1.807, 2.05) is 60.7 Å². The van der Waals surface area contributed by atoms with Crippen LogP contribution in [0.2, 0.25) is 0 Å². The number of rotatable bonds is 8. The first-order valence-corrected chi connectivity index (χ1v) is 10.8. The van der Waals surface area contributed by atoms with E-state index >= 15 is 0 Å². The molecular formula is C24H22N4O2S. The maximum Gasteiger partial charge on any atom is 0.250 e. The van der Waals surface area contributed by atoms with E-state index in [-0.39, 0.29) is 11.7 Å². The lowest BCUT2D eigenvalue weighted by molar-refractivity contribution is -0.118. The Balaban J connectivity index is 1.30. The molecule has 7 heteroatoms. The first kappa shape index (κ1) is 20.7. The highest BCUT2D eigenvalue weighted by molar-refractivity contribution is 7.99. The van der Waals surface area contributed by atoms with Gasteiger partial charge in [0.1, 0.15) is 12.4 Å². The fourth-order valence-electron chi connectivity index (χ4n) is 3.02. The summed E-state index contributed by atoms with van der Waals surface area (Å²) in [6.07, 6.45) is 1.59. The van der Waals surface area contributed by atoms with Gasteiger partial charge in [-0.25, -0.2) is 10.4 Å². The lowest BCUT2D eigenvalue weighted by atomic mass is 10.1. The van der Waals surface area contributed by atoms with Gasteiger partial charge in [-0.1, -0.05) is 65.9 Å². The number of hydrogen-bond donors (Lipinski definition) is 2. The van der Waals surface area contributed by atoms with E-state index in [9.17, 15) is 4.79 Å². The fraction of sp³-hybridized carbons (Fsp3) is 0.125. The Bertz CT molecular complexity index is 1190. The van der Waals surface area contributed by atoms with Gasteiger partial charge in [0.05, 0.1) is 23.0 Å². The molecule has 0 aliphatic carbocycles. The van der Waals surface area contributed by atoms with E-state index in [0.717, 1.165) is 22.2 Å². The summed E-state index contributed by atoms with van der Waals surface area (Å²) in [7, 11) is 0. The number of carbonyl (C=O) groups is 1. The molecule has 0 bridgehead atoms. The molecule has 6 nitrogen and oxygen atoms in total. The number of para-hydroxylation sites is 3. The molecule has 0 spiro atoms. The van der Waals surface area contributed by atoms with Crippen LogP contribution in [0.3, 0.4) is 0 Å². The van der Waals surface area contributed by atoms with Crippen molar-refractivity contribution < 1.29 is 9.53 Å². The Labute approximate surface area is 184 Å². The SMILES string of the molecule is Cc1cccc(COc2ccccc2/C=N/NC(=O)CSc2nc3ccccc3[nH]2)c1. The maximum atomic E-state index is 12.1. The number of aryl methyl sites for hydroxylation is 1. The lowest BCUT2D eigenvalue weighted by Gasteiger charge is -2.09. The standard InChI is InChI=1S/C24H22N4O2S/c1-17-7-6-8-18(13-17)15-30-22-12-5-2-9-19(22)14-25-28-23(29)16-31-24-26-20-10-3-4-11-21(20)27-24/h2-14H,15-16H2,1H3,(H,26,27)(H,28,29)/b25-14+. The molecule has 0 saturated carbocycles. The van der Waals surface area contributed by atoms with Gasteiger partial charge in [0, 0.05) is 5.56 Å². The molecule has 0 radical (unpaired) electrons. The largest absolute Gasteiger partial charge is 0.488 e. The summed E-state index contributed by atoms with van der Waals surface area (Å²) in [6.45, 7) is 2.52. The maximum absolute atomic E-state index is 12.1. The summed E-state index contributed by atoms with van der Waals surface area (Å²) in [5.41, 5.74) is 7.47. The van der Waals surface area contributed by atoms with E-state index in [1.54, 1.807) is 6.21 Å². The Hall–Kier alpha value is -3.58. The molecule has 4 rings (SSSR count). The van der Waals surface area contributed by atoms with Gasteiger partial charge in [0.25, 0.3) is 5.91 Å². The average Bonchev–Trinajstić information content (AvgIpc) is 3.20. The van der Waals surface area contributed by atoms with Crippen molar-refractivity contribution in [1.82, 2.24) is 15.4 Å². The third-order valence-corrected chi connectivity index (χ3v) is 5.37. The number of amides is 1. The second-order valence-corrected chi connectivity index (χ2v) is 7.92. The molecule has 156 valence electrons. The number of ether oxygens (including phenoxy) is 1. The molecule has 0 aliphatic rings. The molecule has 1 amide bonds. The predicted molar refractivity (Wildman–Crippen MR) is 125 cm³/mol. The van der Waals surface area contributed by atoms with Crippen molar-refractivity contribution in [1.29, 1.82) is 0 Å². The van der Waals surface area contributed by atoms with Gasteiger partial charge in [-0.2, -0.15) is 5.10 Å². The van der Waals surface area contributed by atoms with Crippen LogP contribution in [0, 0.1) is 6.92 Å². The van der Waals surface area contributed by atoms with Gasteiger partial charge in [-0.15, -0.1) is 0 Å². The van der Waals surface area contributed by atoms with E-state index in [1.165, 1.54) is 17.3 Å². The summed E-state index contributed by atoms with van der Waals surface area (Å²) in [5.74, 6) is 0.710. The molecule has 4 aromatic rings. The second-order valence-electron chi connectivity index (χ2n) is 6.96. The van der Waals surface area contributed by atoms with Crippen LogP contribution >= 0.6 is 11.8 Å². The van der Waals surface area contributed by atoms with Crippen LogP contribution in [0.5, 0.6) is 5.75 Å². The fourth-order valence-corrected chi connectivity index (χ4v) is 3.70. The van der Waals surface area contributed by atoms with Gasteiger partial charge >= 0.3 is 0 Å². The summed E-state index contributed by atoms with van der Waals surface area (Å²) in [5, 5.41) is 4.78. The number of H-pyrrole nitrogens is 1. The number of nitrogens with one attached hydrogen (secondary N) is 2. The molecule has 31 heavy (non-hydrogen) atoms. The van der Waals surface area contributed by atoms with Crippen LogP contribution in [0.1, 0.15) is 16.7 Å². The van der Waals surface area contributed by atoms with Gasteiger partial charge in [0.15, 0.2) is 5.16 Å². The molecular weight excluding hydrogens is 408 g/mol. The second kappa shape index (κ2) is 9.95. The summed E-state index contributed by atoms with van der Waals surface area (Å²) < 4.78 is 5.95. The highest BCUT2D eigenvalue weighted by atomic mass is 32.2. The predicted octanol–water partition coefficient (Wildman–Crippen LogP) is 4.69. The monoisotopic (exact) mass is 430 g/mol. The molecule has 2 N–H and O–H groups in total. The van der Waals surface area contributed by atoms with E-state index in [4.69, 9.17) is 4.74 Å². The molecule has 3 aromatic carbocycles. The number of fused-ring (bicyclic) bond motifs is 1. The molecule has 1 aromatic heterocycles. The lowest BCUT2D eigenvalue weighted by Crippen LogP contribution is -2.19. The van der Waals surface area contributed by atoms with Crippen molar-refractivity contribution in [2.45, 2.75) is 18.7 Å². The number of imidazole rings is 1. The minimum atomic E-state index is -0.208. The number of hydrazone groups is 1. The zero-order valence-electron chi connectivity index (χ0n) is 17.0. The van der Waals surface area contributed by atoms with E-state index < -0.39 is 0 Å². The Kier molecular flexibility index (Phi) is 6.64. The normalized spacial score (nSPS) is 11.1. The average molecular weight is 431 g/mol. The molecule has 0 aliphatic heterocycles. The zero-order valence-corrected chi connectivity index (χ0v) is 17.9. The van der Waals surface area contributed by atoms with Crippen molar-refractivity contribution in [3.05, 3.63) is 89.5 Å². The van der Waals surface area contributed by atoms with Crippen LogP contribution in [0.15, 0.2) is 83.1 Å². The number of aromatic nitrogens is 2. The number of nitrogens with zero attached hydrogens (tertiary/aromatic N) is 2. The van der Waals surface area contributed by atoms with Crippen LogP contribution in [0.25, 0.3) is 11.0 Å². The van der Waals surface area contributed by atoms with Gasteiger partial charge in [-0.3, -0.25) is 4.79 Å². The molecule has 0 atom stereocenters. The van der Waals surface area contributed by atoms with Gasteiger partial charge < -0.3 is 9.72 Å².